The summed E-state index contributed by atoms with van der Waals surface area (Å²) in [7, 11) is 0. The number of hydrogen-bond acceptors (Lipinski definition) is 2. The van der Waals surface area contributed by atoms with Gasteiger partial charge in [-0.2, -0.15) is 0 Å². The van der Waals surface area contributed by atoms with Gasteiger partial charge in [0.1, 0.15) is 0 Å². The van der Waals surface area contributed by atoms with Crippen LogP contribution in [-0.2, 0) is 6.54 Å². The summed E-state index contributed by atoms with van der Waals surface area (Å²) in [5.74, 6) is -0.232. The second-order valence-electron chi connectivity index (χ2n) is 8.10. The maximum Gasteiger partial charge on any atom is 0.258 e. The number of amides is 2. The van der Waals surface area contributed by atoms with Gasteiger partial charge >= 0.3 is 0 Å². The molecule has 2 heterocycles. The molecule has 5 heteroatoms. The number of rotatable bonds is 3. The molecule has 0 aliphatic carbocycles. The topological polar surface area (TPSA) is 54.3 Å². The zero-order chi connectivity index (χ0) is 22.2. The standard InChI is InChI=1S/C27H23N3O2/c1-18-9-14-23(19(2)16-18)26(31)28-21-12-10-20(11-13-21)27(32)30-17-22-6-5-15-29(22)24-7-3-4-8-25(24)30/h3-16H,17H2,1-2H3,(H,28,31). The van der Waals surface area contributed by atoms with Gasteiger partial charge in [0.15, 0.2) is 0 Å². The molecule has 158 valence electrons. The predicted molar refractivity (Wildman–Crippen MR) is 127 cm³/mol. The van der Waals surface area contributed by atoms with Gasteiger partial charge in [0.05, 0.1) is 17.9 Å². The van der Waals surface area contributed by atoms with E-state index in [2.05, 4.69) is 9.88 Å². The predicted octanol–water partition coefficient (Wildman–Crippen LogP) is 5.51. The quantitative estimate of drug-likeness (QED) is 0.474. The molecule has 32 heavy (non-hydrogen) atoms. The fourth-order valence-corrected chi connectivity index (χ4v) is 4.22. The lowest BCUT2D eigenvalue weighted by Crippen LogP contribution is -2.34. The van der Waals surface area contributed by atoms with Gasteiger partial charge in [-0.25, -0.2) is 0 Å². The van der Waals surface area contributed by atoms with E-state index in [1.165, 1.54) is 0 Å². The first-order valence-corrected chi connectivity index (χ1v) is 10.6. The van der Waals surface area contributed by atoms with Gasteiger partial charge < -0.3 is 14.8 Å². The Hall–Kier alpha value is -4.12. The van der Waals surface area contributed by atoms with Crippen LogP contribution in [0, 0.1) is 13.8 Å². The molecule has 0 atom stereocenters. The van der Waals surface area contributed by atoms with Crippen molar-refractivity contribution < 1.29 is 9.59 Å². The van der Waals surface area contributed by atoms with Crippen LogP contribution >= 0.6 is 0 Å². The smallest absolute Gasteiger partial charge is 0.258 e. The lowest BCUT2D eigenvalue weighted by Gasteiger charge is -2.31. The minimum absolute atomic E-state index is 0.0721. The third kappa shape index (κ3) is 3.48. The highest BCUT2D eigenvalue weighted by Gasteiger charge is 2.26. The van der Waals surface area contributed by atoms with Crippen molar-refractivity contribution in [3.63, 3.8) is 0 Å². The summed E-state index contributed by atoms with van der Waals surface area (Å²) in [4.78, 5) is 27.8. The Morgan fingerprint density at radius 3 is 2.34 bits per heavy atom. The van der Waals surface area contributed by atoms with E-state index in [9.17, 15) is 9.59 Å². The highest BCUT2D eigenvalue weighted by molar-refractivity contribution is 6.08. The number of nitrogens with one attached hydrogen (secondary N) is 1. The first-order chi connectivity index (χ1) is 15.5. The molecule has 1 N–H and O–H groups in total. The largest absolute Gasteiger partial charge is 0.322 e. The monoisotopic (exact) mass is 421 g/mol. The van der Waals surface area contributed by atoms with Crippen molar-refractivity contribution >= 4 is 23.2 Å². The van der Waals surface area contributed by atoms with Crippen LogP contribution in [0.4, 0.5) is 11.4 Å². The lowest BCUT2D eigenvalue weighted by atomic mass is 10.0. The van der Waals surface area contributed by atoms with Crippen LogP contribution < -0.4 is 10.2 Å². The van der Waals surface area contributed by atoms with Gasteiger partial charge in [0.2, 0.25) is 0 Å². The second kappa shape index (κ2) is 7.85. The van der Waals surface area contributed by atoms with Crippen LogP contribution in [0.2, 0.25) is 0 Å². The molecule has 2 amide bonds. The van der Waals surface area contributed by atoms with Crippen LogP contribution in [0.1, 0.15) is 37.5 Å². The van der Waals surface area contributed by atoms with E-state index in [1.54, 1.807) is 29.2 Å². The molecule has 0 saturated heterocycles. The van der Waals surface area contributed by atoms with Gasteiger partial charge in [-0.1, -0.05) is 29.8 Å². The number of anilines is 2. The number of fused-ring (bicyclic) bond motifs is 3. The van der Waals surface area contributed by atoms with Crippen LogP contribution in [0.3, 0.4) is 0 Å². The fraction of sp³-hybridized carbons (Fsp3) is 0.111. The summed E-state index contributed by atoms with van der Waals surface area (Å²) >= 11 is 0. The Balaban J connectivity index is 1.37. The van der Waals surface area contributed by atoms with E-state index >= 15 is 0 Å². The molecule has 0 saturated carbocycles. The Morgan fingerprint density at radius 2 is 1.59 bits per heavy atom. The maximum atomic E-state index is 13.4. The number of para-hydroxylation sites is 2. The number of carbonyl (C=O) groups excluding carboxylic acids is 2. The first kappa shape index (κ1) is 19.8. The van der Waals surface area contributed by atoms with E-state index in [4.69, 9.17) is 0 Å². The summed E-state index contributed by atoms with van der Waals surface area (Å²) < 4.78 is 2.12. The van der Waals surface area contributed by atoms with Crippen molar-refractivity contribution in [1.29, 1.82) is 0 Å². The molecule has 1 aliphatic heterocycles. The minimum Gasteiger partial charge on any atom is -0.322 e. The van der Waals surface area contributed by atoms with E-state index in [-0.39, 0.29) is 11.8 Å². The zero-order valence-electron chi connectivity index (χ0n) is 18.0. The summed E-state index contributed by atoms with van der Waals surface area (Å²) in [6.07, 6.45) is 2.02. The molecule has 5 nitrogen and oxygen atoms in total. The normalized spacial score (nSPS) is 12.1. The highest BCUT2D eigenvalue weighted by atomic mass is 16.2. The van der Waals surface area contributed by atoms with Gasteiger partial charge in [0, 0.05) is 28.7 Å². The Morgan fingerprint density at radius 1 is 0.844 bits per heavy atom. The molecular weight excluding hydrogens is 398 g/mol. The number of aromatic nitrogens is 1. The van der Waals surface area contributed by atoms with Crippen molar-refractivity contribution in [3.8, 4) is 5.69 Å². The van der Waals surface area contributed by atoms with Crippen molar-refractivity contribution in [2.45, 2.75) is 20.4 Å². The molecule has 1 aromatic heterocycles. The molecule has 0 radical (unpaired) electrons. The first-order valence-electron chi connectivity index (χ1n) is 10.6. The molecule has 0 spiro atoms. The van der Waals surface area contributed by atoms with E-state index in [1.807, 2.05) is 74.6 Å². The maximum absolute atomic E-state index is 13.4. The molecular formula is C27H23N3O2. The average molecular weight is 422 g/mol. The number of nitrogens with zero attached hydrogens (tertiary/aromatic N) is 2. The molecule has 5 rings (SSSR count). The van der Waals surface area contributed by atoms with Crippen LogP contribution in [-0.4, -0.2) is 16.4 Å². The third-order valence-electron chi connectivity index (χ3n) is 5.85. The summed E-state index contributed by atoms with van der Waals surface area (Å²) in [5, 5.41) is 2.92. The van der Waals surface area contributed by atoms with Crippen molar-refractivity contribution in [2.75, 3.05) is 10.2 Å². The summed E-state index contributed by atoms with van der Waals surface area (Å²) in [5.41, 5.74) is 6.86. The van der Waals surface area contributed by atoms with Gasteiger partial charge in [0.25, 0.3) is 11.8 Å². The van der Waals surface area contributed by atoms with Crippen molar-refractivity contribution in [3.05, 3.63) is 113 Å². The Kier molecular flexibility index (Phi) is 4.86. The van der Waals surface area contributed by atoms with Gasteiger partial charge in [-0.3, -0.25) is 9.59 Å². The average Bonchev–Trinajstić information content (AvgIpc) is 3.27. The Bertz CT molecular complexity index is 1340. The Labute approximate surface area is 186 Å². The number of carbonyl (C=O) groups is 2. The minimum atomic E-state index is -0.160. The molecule has 0 fully saturated rings. The zero-order valence-corrected chi connectivity index (χ0v) is 18.0. The lowest BCUT2D eigenvalue weighted by molar-refractivity contribution is 0.0982. The van der Waals surface area contributed by atoms with Crippen molar-refractivity contribution in [1.82, 2.24) is 4.57 Å². The van der Waals surface area contributed by atoms with E-state index < -0.39 is 0 Å². The SMILES string of the molecule is Cc1ccc(C(=O)Nc2ccc(C(=O)N3Cc4cccn4-c4ccccc43)cc2)c(C)c1. The highest BCUT2D eigenvalue weighted by Crippen LogP contribution is 2.33. The van der Waals surface area contributed by atoms with E-state index in [0.717, 1.165) is 28.2 Å². The second-order valence-corrected chi connectivity index (χ2v) is 8.10. The number of hydrogen-bond donors (Lipinski definition) is 1. The summed E-state index contributed by atoms with van der Waals surface area (Å²) in [6, 6.07) is 24.7. The van der Waals surface area contributed by atoms with Crippen LogP contribution in [0.15, 0.2) is 85.1 Å². The molecule has 1 aliphatic rings. The molecule has 0 unspecified atom stereocenters. The molecule has 0 bridgehead atoms. The third-order valence-corrected chi connectivity index (χ3v) is 5.85. The van der Waals surface area contributed by atoms with E-state index in [0.29, 0.717) is 23.4 Å². The van der Waals surface area contributed by atoms with Gasteiger partial charge in [-0.05, 0) is 74.0 Å². The number of aryl methyl sites for hydroxylation is 2. The molecule has 3 aromatic carbocycles. The van der Waals surface area contributed by atoms with Crippen molar-refractivity contribution in [2.24, 2.45) is 0 Å². The van der Waals surface area contributed by atoms with Crippen LogP contribution in [0.25, 0.3) is 5.69 Å². The summed E-state index contributed by atoms with van der Waals surface area (Å²) in [6.45, 7) is 4.44. The van der Waals surface area contributed by atoms with Gasteiger partial charge in [-0.15, -0.1) is 0 Å². The fourth-order valence-electron chi connectivity index (χ4n) is 4.22. The van der Waals surface area contributed by atoms with Crippen LogP contribution in [0.5, 0.6) is 0 Å². The number of benzene rings is 3. The molecule has 4 aromatic rings.